The molecule has 1 fully saturated rings. The highest BCUT2D eigenvalue weighted by atomic mass is 16.5. The summed E-state index contributed by atoms with van der Waals surface area (Å²) in [6, 6.07) is 8.48. The van der Waals surface area contributed by atoms with E-state index in [4.69, 9.17) is 4.74 Å². The van der Waals surface area contributed by atoms with Crippen molar-refractivity contribution in [3.8, 4) is 11.3 Å². The van der Waals surface area contributed by atoms with Gasteiger partial charge in [0.25, 0.3) is 0 Å². The van der Waals surface area contributed by atoms with E-state index in [9.17, 15) is 4.79 Å². The fourth-order valence-electron chi connectivity index (χ4n) is 3.46. The summed E-state index contributed by atoms with van der Waals surface area (Å²) in [5, 5.41) is 7.37. The van der Waals surface area contributed by atoms with Crippen LogP contribution in [0.25, 0.3) is 11.3 Å². The number of esters is 1. The maximum atomic E-state index is 12.0. The van der Waals surface area contributed by atoms with Crippen LogP contribution in [0.15, 0.2) is 30.5 Å². The summed E-state index contributed by atoms with van der Waals surface area (Å²) >= 11 is 0. The van der Waals surface area contributed by atoms with E-state index in [0.29, 0.717) is 6.61 Å². The van der Waals surface area contributed by atoms with Crippen molar-refractivity contribution in [2.75, 3.05) is 19.7 Å². The van der Waals surface area contributed by atoms with Crippen molar-refractivity contribution in [2.24, 2.45) is 5.92 Å². The first-order valence-corrected chi connectivity index (χ1v) is 8.77. The summed E-state index contributed by atoms with van der Waals surface area (Å²) in [5.41, 5.74) is 4.70. The maximum absolute atomic E-state index is 12.0. The maximum Gasteiger partial charge on any atom is 0.314 e. The van der Waals surface area contributed by atoms with Gasteiger partial charge in [-0.05, 0) is 26.7 Å². The number of piperidine rings is 1. The van der Waals surface area contributed by atoms with Crippen molar-refractivity contribution in [2.45, 2.75) is 33.2 Å². The summed E-state index contributed by atoms with van der Waals surface area (Å²) in [4.78, 5) is 13.4. The van der Waals surface area contributed by atoms with Crippen molar-refractivity contribution < 1.29 is 14.4 Å². The molecule has 0 spiro atoms. The first-order chi connectivity index (χ1) is 11.7. The normalized spacial score (nSPS) is 20.8. The van der Waals surface area contributed by atoms with Gasteiger partial charge in [0, 0.05) is 5.56 Å². The van der Waals surface area contributed by atoms with Crippen LogP contribution in [0, 0.1) is 12.8 Å². The SMILES string of the molecule is CCOC(=O)[C@H]1CCC[NH+](Cc2cn[nH]c2-c2ccc(C)cc2)C1. The number of H-pyrrole nitrogens is 1. The molecule has 1 aliphatic heterocycles. The summed E-state index contributed by atoms with van der Waals surface area (Å²) in [6.45, 7) is 7.24. The van der Waals surface area contributed by atoms with E-state index in [-0.39, 0.29) is 11.9 Å². The Balaban J connectivity index is 1.69. The molecule has 1 unspecified atom stereocenters. The molecule has 2 atom stereocenters. The van der Waals surface area contributed by atoms with E-state index in [2.05, 4.69) is 41.4 Å². The lowest BCUT2D eigenvalue weighted by Gasteiger charge is -2.28. The summed E-state index contributed by atoms with van der Waals surface area (Å²) < 4.78 is 5.20. The summed E-state index contributed by atoms with van der Waals surface area (Å²) in [6.07, 6.45) is 3.92. The third-order valence-electron chi connectivity index (χ3n) is 4.74. The van der Waals surface area contributed by atoms with Crippen LogP contribution >= 0.6 is 0 Å². The Bertz CT molecular complexity index is 678. The molecule has 2 heterocycles. The summed E-state index contributed by atoms with van der Waals surface area (Å²) in [7, 11) is 0. The van der Waals surface area contributed by atoms with Gasteiger partial charge in [0.2, 0.25) is 0 Å². The van der Waals surface area contributed by atoms with Crippen molar-refractivity contribution in [1.82, 2.24) is 10.2 Å². The molecular weight excluding hydrogens is 302 g/mol. The number of aromatic nitrogens is 2. The number of aromatic amines is 1. The van der Waals surface area contributed by atoms with Crippen LogP contribution in [-0.2, 0) is 16.1 Å². The second-order valence-electron chi connectivity index (χ2n) is 6.61. The number of nitrogens with zero attached hydrogens (tertiary/aromatic N) is 1. The predicted molar refractivity (Wildman–Crippen MR) is 92.5 cm³/mol. The van der Waals surface area contributed by atoms with Crippen molar-refractivity contribution in [1.29, 1.82) is 0 Å². The van der Waals surface area contributed by atoms with E-state index in [0.717, 1.165) is 43.7 Å². The average molecular weight is 328 g/mol. The molecule has 0 radical (unpaired) electrons. The number of rotatable bonds is 5. The van der Waals surface area contributed by atoms with Gasteiger partial charge in [0.15, 0.2) is 0 Å². The molecule has 5 nitrogen and oxygen atoms in total. The van der Waals surface area contributed by atoms with Gasteiger partial charge in [-0.2, -0.15) is 5.10 Å². The first-order valence-electron chi connectivity index (χ1n) is 8.77. The molecule has 2 aromatic rings. The molecule has 0 bridgehead atoms. The number of benzene rings is 1. The smallest absolute Gasteiger partial charge is 0.314 e. The van der Waals surface area contributed by atoms with Crippen molar-refractivity contribution in [3.63, 3.8) is 0 Å². The largest absolute Gasteiger partial charge is 0.466 e. The van der Waals surface area contributed by atoms with Crippen LogP contribution < -0.4 is 4.90 Å². The average Bonchev–Trinajstić information content (AvgIpc) is 3.04. The Morgan fingerprint density at radius 1 is 1.38 bits per heavy atom. The summed E-state index contributed by atoms with van der Waals surface area (Å²) in [5.74, 6) is -0.0101. The lowest BCUT2D eigenvalue weighted by Crippen LogP contribution is -3.12. The number of carbonyl (C=O) groups excluding carboxylic acids is 1. The molecule has 1 aromatic heterocycles. The van der Waals surface area contributed by atoms with Gasteiger partial charge in [-0.3, -0.25) is 9.89 Å². The number of quaternary nitrogens is 1. The van der Waals surface area contributed by atoms with Crippen LogP contribution in [-0.4, -0.2) is 35.9 Å². The zero-order valence-corrected chi connectivity index (χ0v) is 14.5. The highest BCUT2D eigenvalue weighted by Crippen LogP contribution is 2.21. The highest BCUT2D eigenvalue weighted by Gasteiger charge is 2.30. The van der Waals surface area contributed by atoms with Crippen molar-refractivity contribution >= 4 is 5.97 Å². The lowest BCUT2D eigenvalue weighted by molar-refractivity contribution is -0.921. The molecular formula is C19H26N3O2+. The van der Waals surface area contributed by atoms with E-state index < -0.39 is 0 Å². The van der Waals surface area contributed by atoms with E-state index in [1.807, 2.05) is 13.1 Å². The molecule has 128 valence electrons. The van der Waals surface area contributed by atoms with E-state index >= 15 is 0 Å². The Hall–Kier alpha value is -2.14. The van der Waals surface area contributed by atoms with Crippen LogP contribution in [0.3, 0.4) is 0 Å². The number of hydrogen-bond acceptors (Lipinski definition) is 3. The topological polar surface area (TPSA) is 59.4 Å². The molecule has 1 aromatic carbocycles. The molecule has 0 aliphatic carbocycles. The number of hydrogen-bond donors (Lipinski definition) is 2. The quantitative estimate of drug-likeness (QED) is 0.822. The second kappa shape index (κ2) is 7.62. The molecule has 0 amide bonds. The Kier molecular flexibility index (Phi) is 5.30. The monoisotopic (exact) mass is 328 g/mol. The van der Waals surface area contributed by atoms with Gasteiger partial charge >= 0.3 is 5.97 Å². The minimum absolute atomic E-state index is 0.0309. The van der Waals surface area contributed by atoms with Gasteiger partial charge in [-0.1, -0.05) is 29.8 Å². The number of likely N-dealkylation sites (tertiary alicyclic amines) is 1. The molecule has 1 aliphatic rings. The predicted octanol–water partition coefficient (Wildman–Crippen LogP) is 1.74. The second-order valence-corrected chi connectivity index (χ2v) is 6.61. The van der Waals surface area contributed by atoms with Crippen LogP contribution in [0.5, 0.6) is 0 Å². The number of nitrogens with one attached hydrogen (secondary N) is 2. The first kappa shape index (κ1) is 16.7. The fraction of sp³-hybridized carbons (Fsp3) is 0.474. The van der Waals surface area contributed by atoms with Gasteiger partial charge in [-0.15, -0.1) is 0 Å². The number of aryl methyl sites for hydroxylation is 1. The van der Waals surface area contributed by atoms with Crippen LogP contribution in [0.2, 0.25) is 0 Å². The molecule has 3 rings (SSSR count). The van der Waals surface area contributed by atoms with Crippen molar-refractivity contribution in [3.05, 3.63) is 41.6 Å². The minimum Gasteiger partial charge on any atom is -0.466 e. The molecule has 0 saturated carbocycles. The highest BCUT2D eigenvalue weighted by molar-refractivity contribution is 5.72. The van der Waals surface area contributed by atoms with Gasteiger partial charge in [-0.25, -0.2) is 0 Å². The van der Waals surface area contributed by atoms with Gasteiger partial charge in [0.1, 0.15) is 12.5 Å². The Morgan fingerprint density at radius 2 is 2.17 bits per heavy atom. The minimum atomic E-state index is -0.0411. The molecule has 1 saturated heterocycles. The molecule has 2 N–H and O–H groups in total. The Labute approximate surface area is 143 Å². The third kappa shape index (κ3) is 3.85. The molecule has 24 heavy (non-hydrogen) atoms. The Morgan fingerprint density at radius 3 is 2.92 bits per heavy atom. The zero-order valence-electron chi connectivity index (χ0n) is 14.5. The van der Waals surface area contributed by atoms with Gasteiger partial charge in [0.05, 0.1) is 37.2 Å². The number of ether oxygens (including phenoxy) is 1. The lowest BCUT2D eigenvalue weighted by atomic mass is 9.97. The van der Waals surface area contributed by atoms with E-state index in [1.165, 1.54) is 16.0 Å². The third-order valence-corrected chi connectivity index (χ3v) is 4.74. The zero-order chi connectivity index (χ0) is 16.9. The van der Waals surface area contributed by atoms with Crippen LogP contribution in [0.1, 0.15) is 30.9 Å². The standard InChI is InChI=1S/C19H25N3O2/c1-3-24-19(23)16-5-4-10-22(12-16)13-17-11-20-21-18(17)15-8-6-14(2)7-9-15/h6-9,11,16H,3-5,10,12-13H2,1-2H3,(H,20,21)/p+1/t16-/m0/s1. The fourth-order valence-corrected chi connectivity index (χ4v) is 3.46. The van der Waals surface area contributed by atoms with E-state index in [1.54, 1.807) is 0 Å². The van der Waals surface area contributed by atoms with Crippen LogP contribution in [0.4, 0.5) is 0 Å². The van der Waals surface area contributed by atoms with Gasteiger partial charge < -0.3 is 9.64 Å². The number of carbonyl (C=O) groups is 1. The molecule has 5 heteroatoms.